The standard InChI is InChI=1S/C15H18ClF3N2/c1-2-4-13(21-9-7-20-8-10-21)14-11(15(17,18)19)5-3-6-12(14)16/h2-3,5-6,13,20H,1,4,7-10H2/t13-/m0/s1. The van der Waals surface area contributed by atoms with E-state index in [1.165, 1.54) is 12.1 Å². The predicted molar refractivity (Wildman–Crippen MR) is 78.5 cm³/mol. The molecule has 21 heavy (non-hydrogen) atoms. The van der Waals surface area contributed by atoms with Gasteiger partial charge in [0, 0.05) is 42.8 Å². The highest BCUT2D eigenvalue weighted by Gasteiger charge is 2.37. The molecule has 1 N–H and O–H groups in total. The van der Waals surface area contributed by atoms with Gasteiger partial charge in [0.2, 0.25) is 0 Å². The van der Waals surface area contributed by atoms with Crippen LogP contribution in [0.4, 0.5) is 13.2 Å². The van der Waals surface area contributed by atoms with Gasteiger partial charge in [0.1, 0.15) is 0 Å². The van der Waals surface area contributed by atoms with E-state index in [0.29, 0.717) is 19.5 Å². The van der Waals surface area contributed by atoms with Crippen LogP contribution in [0.3, 0.4) is 0 Å². The highest BCUT2D eigenvalue weighted by Crippen LogP contribution is 2.41. The molecule has 1 aliphatic heterocycles. The minimum atomic E-state index is -4.41. The van der Waals surface area contributed by atoms with Gasteiger partial charge >= 0.3 is 6.18 Å². The molecule has 1 aliphatic rings. The summed E-state index contributed by atoms with van der Waals surface area (Å²) in [6.45, 7) is 6.59. The van der Waals surface area contributed by atoms with Gasteiger partial charge in [-0.05, 0) is 18.6 Å². The number of rotatable bonds is 4. The molecule has 1 aromatic carbocycles. The summed E-state index contributed by atoms with van der Waals surface area (Å²) >= 11 is 6.11. The monoisotopic (exact) mass is 318 g/mol. The topological polar surface area (TPSA) is 15.3 Å². The molecule has 0 saturated carbocycles. The number of alkyl halides is 3. The van der Waals surface area contributed by atoms with Crippen LogP contribution in [0.25, 0.3) is 0 Å². The van der Waals surface area contributed by atoms with Gasteiger partial charge in [0.15, 0.2) is 0 Å². The number of benzene rings is 1. The molecule has 0 bridgehead atoms. The molecule has 0 spiro atoms. The number of nitrogens with one attached hydrogen (secondary N) is 1. The quantitative estimate of drug-likeness (QED) is 0.848. The summed E-state index contributed by atoms with van der Waals surface area (Å²) in [4.78, 5) is 2.04. The van der Waals surface area contributed by atoms with Crippen LogP contribution in [-0.4, -0.2) is 31.1 Å². The molecule has 0 aromatic heterocycles. The van der Waals surface area contributed by atoms with Crippen molar-refractivity contribution in [3.63, 3.8) is 0 Å². The van der Waals surface area contributed by atoms with Gasteiger partial charge in [-0.25, -0.2) is 0 Å². The number of hydrogen-bond donors (Lipinski definition) is 1. The first-order valence-corrected chi connectivity index (χ1v) is 7.24. The molecule has 0 aliphatic carbocycles. The molecular formula is C15H18ClF3N2. The lowest BCUT2D eigenvalue weighted by atomic mass is 9.95. The minimum absolute atomic E-state index is 0.161. The molecule has 0 unspecified atom stereocenters. The lowest BCUT2D eigenvalue weighted by Crippen LogP contribution is -2.45. The van der Waals surface area contributed by atoms with Gasteiger partial charge in [-0.2, -0.15) is 13.2 Å². The molecule has 1 aromatic rings. The lowest BCUT2D eigenvalue weighted by molar-refractivity contribution is -0.138. The Morgan fingerprint density at radius 3 is 2.57 bits per heavy atom. The number of halogens is 4. The number of hydrogen-bond acceptors (Lipinski definition) is 2. The van der Waals surface area contributed by atoms with Crippen molar-refractivity contribution in [1.82, 2.24) is 10.2 Å². The normalized spacial score (nSPS) is 18.5. The van der Waals surface area contributed by atoms with Gasteiger partial charge in [-0.1, -0.05) is 23.7 Å². The highest BCUT2D eigenvalue weighted by molar-refractivity contribution is 6.31. The second-order valence-corrected chi connectivity index (χ2v) is 5.43. The zero-order chi connectivity index (χ0) is 15.5. The molecule has 2 rings (SSSR count). The molecule has 1 atom stereocenters. The SMILES string of the molecule is C=CC[C@@H](c1c(Cl)cccc1C(F)(F)F)N1CCNCC1. The van der Waals surface area contributed by atoms with Gasteiger partial charge in [0.25, 0.3) is 0 Å². The zero-order valence-corrected chi connectivity index (χ0v) is 12.3. The van der Waals surface area contributed by atoms with E-state index in [2.05, 4.69) is 11.9 Å². The third-order valence-corrected chi connectivity index (χ3v) is 4.00. The Morgan fingerprint density at radius 2 is 2.00 bits per heavy atom. The second-order valence-electron chi connectivity index (χ2n) is 5.02. The van der Waals surface area contributed by atoms with E-state index in [0.717, 1.165) is 19.2 Å². The molecule has 2 nitrogen and oxygen atoms in total. The van der Waals surface area contributed by atoms with Crippen LogP contribution >= 0.6 is 11.6 Å². The van der Waals surface area contributed by atoms with Crippen molar-refractivity contribution in [3.05, 3.63) is 47.0 Å². The smallest absolute Gasteiger partial charge is 0.314 e. The maximum atomic E-state index is 13.3. The Morgan fingerprint density at radius 1 is 1.33 bits per heavy atom. The highest BCUT2D eigenvalue weighted by atomic mass is 35.5. The maximum Gasteiger partial charge on any atom is 0.416 e. The van der Waals surface area contributed by atoms with Crippen molar-refractivity contribution in [2.75, 3.05) is 26.2 Å². The van der Waals surface area contributed by atoms with Crippen LogP contribution in [0.5, 0.6) is 0 Å². The first-order valence-electron chi connectivity index (χ1n) is 6.86. The van der Waals surface area contributed by atoms with Crippen LogP contribution in [0.2, 0.25) is 5.02 Å². The number of nitrogens with zero attached hydrogens (tertiary/aromatic N) is 1. The number of piperazine rings is 1. The predicted octanol–water partition coefficient (Wildman–Crippen LogP) is 3.88. The van der Waals surface area contributed by atoms with E-state index >= 15 is 0 Å². The third kappa shape index (κ3) is 3.78. The Kier molecular flexibility index (Phi) is 5.30. The Balaban J connectivity index is 2.46. The fourth-order valence-corrected chi connectivity index (χ4v) is 3.02. The van der Waals surface area contributed by atoms with Gasteiger partial charge < -0.3 is 5.32 Å². The van der Waals surface area contributed by atoms with E-state index in [9.17, 15) is 13.2 Å². The molecule has 1 heterocycles. The largest absolute Gasteiger partial charge is 0.416 e. The van der Waals surface area contributed by atoms with E-state index in [-0.39, 0.29) is 10.6 Å². The summed E-state index contributed by atoms with van der Waals surface area (Å²) < 4.78 is 39.8. The van der Waals surface area contributed by atoms with Crippen molar-refractivity contribution in [1.29, 1.82) is 0 Å². The van der Waals surface area contributed by atoms with Crippen molar-refractivity contribution in [3.8, 4) is 0 Å². The summed E-state index contributed by atoms with van der Waals surface area (Å²) in [6, 6.07) is 3.57. The van der Waals surface area contributed by atoms with E-state index in [1.807, 2.05) is 4.90 Å². The van der Waals surface area contributed by atoms with Gasteiger partial charge in [0.05, 0.1) is 5.56 Å². The summed E-state index contributed by atoms with van der Waals surface area (Å²) in [6.07, 6.45) is -2.32. The van der Waals surface area contributed by atoms with Crippen molar-refractivity contribution in [2.24, 2.45) is 0 Å². The summed E-state index contributed by atoms with van der Waals surface area (Å²) in [5.41, 5.74) is -0.492. The Labute approximate surface area is 127 Å². The van der Waals surface area contributed by atoms with Gasteiger partial charge in [-0.3, -0.25) is 4.90 Å². The second kappa shape index (κ2) is 6.81. The minimum Gasteiger partial charge on any atom is -0.314 e. The fraction of sp³-hybridized carbons (Fsp3) is 0.467. The molecule has 116 valence electrons. The molecule has 0 amide bonds. The van der Waals surface area contributed by atoms with Gasteiger partial charge in [-0.15, -0.1) is 6.58 Å². The lowest BCUT2D eigenvalue weighted by Gasteiger charge is -2.36. The summed E-state index contributed by atoms with van der Waals surface area (Å²) in [5, 5.41) is 3.36. The molecular weight excluding hydrogens is 301 g/mol. The molecule has 1 saturated heterocycles. The van der Waals surface area contributed by atoms with E-state index in [4.69, 9.17) is 11.6 Å². The van der Waals surface area contributed by atoms with Crippen molar-refractivity contribution >= 4 is 11.6 Å². The molecule has 0 radical (unpaired) electrons. The third-order valence-electron chi connectivity index (χ3n) is 3.67. The average molecular weight is 319 g/mol. The zero-order valence-electron chi connectivity index (χ0n) is 11.6. The first kappa shape index (κ1) is 16.3. The van der Waals surface area contributed by atoms with Crippen LogP contribution in [0, 0.1) is 0 Å². The van der Waals surface area contributed by atoms with Crippen molar-refractivity contribution in [2.45, 2.75) is 18.6 Å². The Bertz CT molecular complexity index is 496. The van der Waals surface area contributed by atoms with Crippen LogP contribution in [-0.2, 0) is 6.18 Å². The van der Waals surface area contributed by atoms with E-state index < -0.39 is 17.8 Å². The molecule has 6 heteroatoms. The van der Waals surface area contributed by atoms with Crippen LogP contribution < -0.4 is 5.32 Å². The van der Waals surface area contributed by atoms with E-state index in [1.54, 1.807) is 6.08 Å². The maximum absolute atomic E-state index is 13.3. The summed E-state index contributed by atoms with van der Waals surface area (Å²) in [7, 11) is 0. The molecule has 1 fully saturated rings. The van der Waals surface area contributed by atoms with Crippen LogP contribution in [0.1, 0.15) is 23.6 Å². The Hall–Kier alpha value is -1.04. The summed E-state index contributed by atoms with van der Waals surface area (Å²) in [5.74, 6) is 0. The first-order chi connectivity index (χ1) is 9.95. The average Bonchev–Trinajstić information content (AvgIpc) is 2.45. The van der Waals surface area contributed by atoms with Crippen LogP contribution in [0.15, 0.2) is 30.9 Å². The van der Waals surface area contributed by atoms with Crippen molar-refractivity contribution < 1.29 is 13.2 Å². The fourth-order valence-electron chi connectivity index (χ4n) is 2.72.